The Labute approximate surface area is 79.1 Å². The summed E-state index contributed by atoms with van der Waals surface area (Å²) in [6.07, 6.45) is 6.87. The number of rotatable bonds is 4. The number of aliphatic imine (C=N–C) groups is 1. The predicted molar refractivity (Wildman–Crippen MR) is 52.3 cm³/mol. The molecule has 0 aromatic rings. The Hall–Kier alpha value is -0.920. The van der Waals surface area contributed by atoms with Gasteiger partial charge in [-0.2, -0.15) is 0 Å². The Bertz CT molecular complexity index is 219. The van der Waals surface area contributed by atoms with Gasteiger partial charge in [0.15, 0.2) is 0 Å². The van der Waals surface area contributed by atoms with E-state index in [2.05, 4.69) is 22.9 Å². The molecular weight excluding hydrogens is 164 g/mol. The van der Waals surface area contributed by atoms with Crippen molar-refractivity contribution in [3.05, 3.63) is 12.2 Å². The van der Waals surface area contributed by atoms with E-state index < -0.39 is 0 Å². The molecule has 1 aliphatic heterocycles. The normalized spacial score (nSPS) is 23.6. The Morgan fingerprint density at radius 2 is 2.54 bits per heavy atom. The highest BCUT2D eigenvalue weighted by atomic mass is 16.1. The van der Waals surface area contributed by atoms with Gasteiger partial charge in [-0.1, -0.05) is 19.1 Å². The molecule has 1 unspecified atom stereocenters. The third-order valence-corrected chi connectivity index (χ3v) is 2.43. The zero-order valence-electron chi connectivity index (χ0n) is 8.07. The number of carbonyl (C=O) groups excluding carboxylic acids is 1. The molecule has 3 heteroatoms. The largest absolute Gasteiger partial charge is 0.303 e. The van der Waals surface area contributed by atoms with Crippen molar-refractivity contribution in [3.8, 4) is 0 Å². The summed E-state index contributed by atoms with van der Waals surface area (Å²) in [7, 11) is 0. The summed E-state index contributed by atoms with van der Waals surface area (Å²) in [5.41, 5.74) is 0. The van der Waals surface area contributed by atoms with Crippen molar-refractivity contribution in [2.45, 2.75) is 13.3 Å². The minimum Gasteiger partial charge on any atom is -0.303 e. The smallest absolute Gasteiger partial charge is 0.235 e. The van der Waals surface area contributed by atoms with Crippen LogP contribution in [0.4, 0.5) is 0 Å². The Balaban J connectivity index is 2.23. The zero-order chi connectivity index (χ0) is 9.52. The fourth-order valence-corrected chi connectivity index (χ4v) is 1.65. The Morgan fingerprint density at radius 1 is 1.69 bits per heavy atom. The standard InChI is InChI=1S/C10H16N2O/c1-2-12-7-5-10(8-12)4-3-6-11-9-13/h3-4,10H,2,5-8H2,1H3/b4-3-. The summed E-state index contributed by atoms with van der Waals surface area (Å²) in [4.78, 5) is 15.7. The molecule has 72 valence electrons. The molecule has 3 nitrogen and oxygen atoms in total. The highest BCUT2D eigenvalue weighted by Crippen LogP contribution is 2.16. The van der Waals surface area contributed by atoms with Gasteiger partial charge in [0.2, 0.25) is 6.08 Å². The molecule has 0 aromatic carbocycles. The van der Waals surface area contributed by atoms with Crippen LogP contribution in [0.25, 0.3) is 0 Å². The molecule has 0 N–H and O–H groups in total. The molecule has 1 rings (SSSR count). The van der Waals surface area contributed by atoms with E-state index in [9.17, 15) is 4.79 Å². The van der Waals surface area contributed by atoms with E-state index in [0.717, 1.165) is 13.1 Å². The molecule has 0 amide bonds. The fraction of sp³-hybridized carbons (Fsp3) is 0.700. The van der Waals surface area contributed by atoms with Gasteiger partial charge < -0.3 is 4.90 Å². The van der Waals surface area contributed by atoms with E-state index >= 15 is 0 Å². The van der Waals surface area contributed by atoms with Crippen molar-refractivity contribution in [1.82, 2.24) is 4.90 Å². The first-order valence-electron chi connectivity index (χ1n) is 4.79. The maximum Gasteiger partial charge on any atom is 0.235 e. The van der Waals surface area contributed by atoms with Crippen molar-refractivity contribution in [1.29, 1.82) is 0 Å². The number of hydrogen-bond acceptors (Lipinski definition) is 3. The number of likely N-dealkylation sites (tertiary alicyclic amines) is 1. The summed E-state index contributed by atoms with van der Waals surface area (Å²) in [6, 6.07) is 0. The van der Waals surface area contributed by atoms with E-state index in [-0.39, 0.29) is 0 Å². The first-order chi connectivity index (χ1) is 6.36. The molecule has 0 bridgehead atoms. The van der Waals surface area contributed by atoms with Gasteiger partial charge in [0.1, 0.15) is 0 Å². The average molecular weight is 180 g/mol. The van der Waals surface area contributed by atoms with Crippen molar-refractivity contribution in [2.24, 2.45) is 10.9 Å². The molecule has 1 saturated heterocycles. The molecule has 1 fully saturated rings. The number of isocyanates is 1. The molecular formula is C10H16N2O. The van der Waals surface area contributed by atoms with Crippen LogP contribution in [0, 0.1) is 5.92 Å². The molecule has 1 heterocycles. The predicted octanol–water partition coefficient (Wildman–Crippen LogP) is 1.22. The van der Waals surface area contributed by atoms with Crippen molar-refractivity contribution in [2.75, 3.05) is 26.2 Å². The first-order valence-corrected chi connectivity index (χ1v) is 4.79. The van der Waals surface area contributed by atoms with Crippen LogP contribution in [0.5, 0.6) is 0 Å². The fourth-order valence-electron chi connectivity index (χ4n) is 1.65. The van der Waals surface area contributed by atoms with Crippen LogP contribution >= 0.6 is 0 Å². The van der Waals surface area contributed by atoms with Crippen LogP contribution < -0.4 is 0 Å². The van der Waals surface area contributed by atoms with E-state index in [0.29, 0.717) is 12.5 Å². The summed E-state index contributed by atoms with van der Waals surface area (Å²) in [5.74, 6) is 0.654. The SMILES string of the molecule is CCN1CCC(/C=C\CN=C=O)C1. The van der Waals surface area contributed by atoms with Crippen LogP contribution in [0.3, 0.4) is 0 Å². The molecule has 0 spiro atoms. The van der Waals surface area contributed by atoms with E-state index in [4.69, 9.17) is 0 Å². The lowest BCUT2D eigenvalue weighted by atomic mass is 10.1. The minimum atomic E-state index is 0.478. The molecule has 13 heavy (non-hydrogen) atoms. The van der Waals surface area contributed by atoms with E-state index in [1.165, 1.54) is 19.0 Å². The summed E-state index contributed by atoms with van der Waals surface area (Å²) >= 11 is 0. The third-order valence-electron chi connectivity index (χ3n) is 2.43. The number of hydrogen-bond donors (Lipinski definition) is 0. The average Bonchev–Trinajstić information content (AvgIpc) is 2.60. The minimum absolute atomic E-state index is 0.478. The second-order valence-electron chi connectivity index (χ2n) is 3.30. The van der Waals surface area contributed by atoms with Crippen LogP contribution in [0.1, 0.15) is 13.3 Å². The Morgan fingerprint density at radius 3 is 3.15 bits per heavy atom. The van der Waals surface area contributed by atoms with Gasteiger partial charge in [0, 0.05) is 6.54 Å². The van der Waals surface area contributed by atoms with Crippen molar-refractivity contribution < 1.29 is 4.79 Å². The van der Waals surface area contributed by atoms with Gasteiger partial charge in [-0.15, -0.1) is 0 Å². The van der Waals surface area contributed by atoms with Crippen LogP contribution in [0.15, 0.2) is 17.1 Å². The monoisotopic (exact) mass is 180 g/mol. The second kappa shape index (κ2) is 5.68. The highest BCUT2D eigenvalue weighted by Gasteiger charge is 2.17. The van der Waals surface area contributed by atoms with Gasteiger partial charge in [-0.3, -0.25) is 0 Å². The third kappa shape index (κ3) is 3.53. The lowest BCUT2D eigenvalue weighted by Crippen LogP contribution is -2.19. The lowest BCUT2D eigenvalue weighted by molar-refractivity contribution is 0.351. The summed E-state index contributed by atoms with van der Waals surface area (Å²) in [6.45, 7) is 6.14. The highest BCUT2D eigenvalue weighted by molar-refractivity contribution is 5.33. The van der Waals surface area contributed by atoms with Crippen molar-refractivity contribution in [3.63, 3.8) is 0 Å². The van der Waals surface area contributed by atoms with Gasteiger partial charge >= 0.3 is 0 Å². The van der Waals surface area contributed by atoms with Crippen molar-refractivity contribution >= 4 is 6.08 Å². The molecule has 1 atom stereocenters. The first kappa shape index (κ1) is 10.2. The maximum absolute atomic E-state index is 9.77. The van der Waals surface area contributed by atoms with Gasteiger partial charge in [0.25, 0.3) is 0 Å². The molecule has 0 saturated carbocycles. The second-order valence-corrected chi connectivity index (χ2v) is 3.30. The van der Waals surface area contributed by atoms with E-state index in [1.807, 2.05) is 6.08 Å². The summed E-state index contributed by atoms with van der Waals surface area (Å²) in [5, 5.41) is 0. The quantitative estimate of drug-likeness (QED) is 0.370. The number of nitrogens with zero attached hydrogens (tertiary/aromatic N) is 2. The van der Waals surface area contributed by atoms with Gasteiger partial charge in [0.05, 0.1) is 6.54 Å². The van der Waals surface area contributed by atoms with Crippen LogP contribution in [-0.2, 0) is 4.79 Å². The van der Waals surface area contributed by atoms with Gasteiger partial charge in [-0.05, 0) is 25.4 Å². The topological polar surface area (TPSA) is 32.7 Å². The zero-order valence-corrected chi connectivity index (χ0v) is 8.07. The maximum atomic E-state index is 9.77. The Kier molecular flexibility index (Phi) is 4.44. The van der Waals surface area contributed by atoms with Crippen LogP contribution in [0.2, 0.25) is 0 Å². The summed E-state index contributed by atoms with van der Waals surface area (Å²) < 4.78 is 0. The van der Waals surface area contributed by atoms with E-state index in [1.54, 1.807) is 0 Å². The van der Waals surface area contributed by atoms with Crippen LogP contribution in [-0.4, -0.2) is 37.2 Å². The molecule has 1 aliphatic rings. The molecule has 0 aliphatic carbocycles. The molecule has 0 radical (unpaired) electrons. The molecule has 0 aromatic heterocycles. The van der Waals surface area contributed by atoms with Gasteiger partial charge in [-0.25, -0.2) is 9.79 Å². The lowest BCUT2D eigenvalue weighted by Gasteiger charge is -2.10.